The van der Waals surface area contributed by atoms with Crippen LogP contribution in [0.4, 0.5) is 0 Å². The van der Waals surface area contributed by atoms with Crippen LogP contribution in [-0.4, -0.2) is 28.5 Å². The molecule has 0 atom stereocenters. The Balaban J connectivity index is 0. The zero-order chi connectivity index (χ0) is 9.98. The fourth-order valence-corrected chi connectivity index (χ4v) is 0.222. The van der Waals surface area contributed by atoms with Crippen LogP contribution >= 0.6 is 0 Å². The summed E-state index contributed by atoms with van der Waals surface area (Å²) in [6, 6.07) is 0. The van der Waals surface area contributed by atoms with Gasteiger partial charge in [0.2, 0.25) is 0 Å². The lowest BCUT2D eigenvalue weighted by molar-refractivity contribution is -0.757. The molecule has 0 aromatic heterocycles. The molecule has 0 aromatic carbocycles. The Hall–Kier alpha value is -1.64. The lowest BCUT2D eigenvalue weighted by Gasteiger charge is -1.92. The van der Waals surface area contributed by atoms with E-state index in [9.17, 15) is 10.1 Å². The predicted molar refractivity (Wildman–Crippen MR) is 35.4 cm³/mol. The first-order valence-electron chi connectivity index (χ1n) is 2.81. The van der Waals surface area contributed by atoms with Crippen LogP contribution in [0.25, 0.3) is 0 Å². The second-order valence-electron chi connectivity index (χ2n) is 1.44. The van der Waals surface area contributed by atoms with Gasteiger partial charge in [-0.3, -0.25) is 0 Å². The van der Waals surface area contributed by atoms with Crippen LogP contribution in [-0.2, 0) is 4.84 Å². The van der Waals surface area contributed by atoms with E-state index in [1.54, 1.807) is 0 Å². The second kappa shape index (κ2) is 9.36. The summed E-state index contributed by atoms with van der Waals surface area (Å²) >= 11 is 0. The zero-order valence-electron chi connectivity index (χ0n) is 6.08. The topological polar surface area (TPSA) is 142 Å². The van der Waals surface area contributed by atoms with Crippen LogP contribution in [0.15, 0.2) is 0 Å². The van der Waals surface area contributed by atoms with Gasteiger partial charge in [-0.2, -0.15) is 0 Å². The quantitative estimate of drug-likeness (QED) is 0.329. The summed E-state index contributed by atoms with van der Waals surface area (Å²) in [5.74, 6) is 0. The third kappa shape index (κ3) is 40.1. The first-order chi connectivity index (χ1) is 5.50. The minimum atomic E-state index is -1.50. The van der Waals surface area contributed by atoms with E-state index in [2.05, 4.69) is 4.84 Å². The lowest BCUT2D eigenvalue weighted by atomic mass is 10.5. The van der Waals surface area contributed by atoms with Crippen molar-refractivity contribution in [1.29, 1.82) is 0 Å². The van der Waals surface area contributed by atoms with E-state index in [1.807, 2.05) is 0 Å². The molecule has 0 aliphatic carbocycles. The van der Waals surface area contributed by atoms with E-state index in [0.29, 0.717) is 13.0 Å². The molecule has 0 unspecified atom stereocenters. The SMILES string of the molecule is NCCCO[N+](=O)[O-].O=[N+]([O-])O. The number of rotatable bonds is 4. The number of hydrogen-bond acceptors (Lipinski definition) is 6. The molecule has 0 aliphatic heterocycles. The Morgan fingerprint density at radius 3 is 2.08 bits per heavy atom. The highest BCUT2D eigenvalue weighted by Gasteiger charge is 1.90. The normalized spacial score (nSPS) is 7.75. The Morgan fingerprint density at radius 1 is 1.42 bits per heavy atom. The maximum absolute atomic E-state index is 9.42. The highest BCUT2D eigenvalue weighted by atomic mass is 16.9. The van der Waals surface area contributed by atoms with Crippen LogP contribution in [0.1, 0.15) is 6.42 Å². The summed E-state index contributed by atoms with van der Waals surface area (Å²) in [6.45, 7) is 0.525. The smallest absolute Gasteiger partial charge is 0.294 e. The highest BCUT2D eigenvalue weighted by molar-refractivity contribution is 4.30. The van der Waals surface area contributed by atoms with E-state index in [0.717, 1.165) is 0 Å². The van der Waals surface area contributed by atoms with Crippen molar-refractivity contribution in [2.45, 2.75) is 6.42 Å². The van der Waals surface area contributed by atoms with Gasteiger partial charge in [-0.1, -0.05) is 0 Å². The fraction of sp³-hybridized carbons (Fsp3) is 1.00. The lowest BCUT2D eigenvalue weighted by Crippen LogP contribution is -2.07. The number of nitrogens with two attached hydrogens (primary N) is 1. The maximum atomic E-state index is 9.42. The molecule has 0 spiro atoms. The summed E-state index contributed by atoms with van der Waals surface area (Å²) in [7, 11) is 0. The van der Waals surface area contributed by atoms with E-state index in [-0.39, 0.29) is 6.61 Å². The van der Waals surface area contributed by atoms with E-state index >= 15 is 0 Å². The van der Waals surface area contributed by atoms with Crippen molar-refractivity contribution < 1.29 is 20.2 Å². The minimum absolute atomic E-state index is 0.101. The van der Waals surface area contributed by atoms with Gasteiger partial charge < -0.3 is 15.8 Å². The van der Waals surface area contributed by atoms with Crippen molar-refractivity contribution in [1.82, 2.24) is 0 Å². The van der Waals surface area contributed by atoms with E-state index in [1.165, 1.54) is 0 Å². The molecule has 0 aliphatic rings. The molecule has 12 heavy (non-hydrogen) atoms. The van der Waals surface area contributed by atoms with Gasteiger partial charge >= 0.3 is 0 Å². The zero-order valence-corrected chi connectivity index (χ0v) is 6.08. The van der Waals surface area contributed by atoms with Crippen molar-refractivity contribution in [3.05, 3.63) is 20.2 Å². The summed E-state index contributed by atoms with van der Waals surface area (Å²) < 4.78 is 0. The molecular formula is C3H9N3O6. The molecule has 3 N–H and O–H groups in total. The summed E-state index contributed by atoms with van der Waals surface area (Å²) in [4.78, 5) is 21.7. The van der Waals surface area contributed by atoms with Gasteiger partial charge in [-0.05, 0) is 13.0 Å². The first kappa shape index (κ1) is 13.0. The molecule has 0 heterocycles. The monoisotopic (exact) mass is 183 g/mol. The third-order valence-electron chi connectivity index (χ3n) is 0.545. The van der Waals surface area contributed by atoms with Crippen LogP contribution in [0.3, 0.4) is 0 Å². The Morgan fingerprint density at radius 2 is 1.83 bits per heavy atom. The average molecular weight is 183 g/mol. The Labute approximate surface area is 66.9 Å². The van der Waals surface area contributed by atoms with Gasteiger partial charge in [-0.15, -0.1) is 20.2 Å². The van der Waals surface area contributed by atoms with Crippen LogP contribution < -0.4 is 5.73 Å². The number of nitrogens with zero attached hydrogens (tertiary/aromatic N) is 2. The maximum Gasteiger partial charge on any atom is 0.294 e. The van der Waals surface area contributed by atoms with Crippen LogP contribution in [0.2, 0.25) is 0 Å². The van der Waals surface area contributed by atoms with Crippen molar-refractivity contribution in [2.75, 3.05) is 13.2 Å². The molecule has 0 aromatic rings. The minimum Gasteiger partial charge on any atom is -0.330 e. The van der Waals surface area contributed by atoms with Gasteiger partial charge in [0.05, 0.1) is 6.61 Å². The molecule has 0 radical (unpaired) electrons. The Bertz CT molecular complexity index is 134. The van der Waals surface area contributed by atoms with Crippen molar-refractivity contribution in [3.8, 4) is 0 Å². The summed E-state index contributed by atoms with van der Waals surface area (Å²) in [5, 5.41) is 22.2. The van der Waals surface area contributed by atoms with Gasteiger partial charge in [0.25, 0.3) is 10.2 Å². The summed E-state index contributed by atoms with van der Waals surface area (Å²) in [6.07, 6.45) is 0.529. The molecule has 72 valence electrons. The van der Waals surface area contributed by atoms with Crippen molar-refractivity contribution in [2.24, 2.45) is 5.73 Å². The van der Waals surface area contributed by atoms with Gasteiger partial charge in [0, 0.05) is 0 Å². The molecule has 0 saturated heterocycles. The predicted octanol–water partition coefficient (Wildman–Crippen LogP) is -0.804. The molecule has 0 saturated carbocycles. The molecule has 9 nitrogen and oxygen atoms in total. The molecular weight excluding hydrogens is 174 g/mol. The van der Waals surface area contributed by atoms with E-state index in [4.69, 9.17) is 21.1 Å². The molecule has 0 fully saturated rings. The molecule has 9 heteroatoms. The fourth-order valence-electron chi connectivity index (χ4n) is 0.222. The second-order valence-corrected chi connectivity index (χ2v) is 1.44. The molecule has 0 bridgehead atoms. The van der Waals surface area contributed by atoms with Gasteiger partial charge in [0.15, 0.2) is 0 Å². The molecule has 0 rings (SSSR count). The number of hydrogen-bond donors (Lipinski definition) is 2. The van der Waals surface area contributed by atoms with Crippen LogP contribution in [0.5, 0.6) is 0 Å². The summed E-state index contributed by atoms with van der Waals surface area (Å²) in [5.41, 5.74) is 5.01. The highest BCUT2D eigenvalue weighted by Crippen LogP contribution is 1.77. The van der Waals surface area contributed by atoms with Crippen molar-refractivity contribution in [3.63, 3.8) is 0 Å². The Kier molecular flexibility index (Phi) is 10.1. The molecule has 0 amide bonds. The van der Waals surface area contributed by atoms with Crippen LogP contribution in [0, 0.1) is 20.2 Å². The van der Waals surface area contributed by atoms with E-state index < -0.39 is 10.2 Å². The largest absolute Gasteiger partial charge is 0.330 e. The average Bonchev–Trinajstić information content (AvgIpc) is 1.86. The standard InChI is InChI=1S/C3H8N2O3.HNO3/c4-2-1-3-8-5(6)7;2-1(3)4/h1-4H2;(H,2,3,4). The third-order valence-corrected chi connectivity index (χ3v) is 0.545. The van der Waals surface area contributed by atoms with Gasteiger partial charge in [-0.25, -0.2) is 0 Å². The first-order valence-corrected chi connectivity index (χ1v) is 2.81. The van der Waals surface area contributed by atoms with Gasteiger partial charge in [0.1, 0.15) is 0 Å². The van der Waals surface area contributed by atoms with Crippen molar-refractivity contribution >= 4 is 0 Å².